The van der Waals surface area contributed by atoms with Gasteiger partial charge in [-0.1, -0.05) is 17.7 Å². The Morgan fingerprint density at radius 2 is 2.17 bits per heavy atom. The van der Waals surface area contributed by atoms with Crippen LogP contribution in [0.3, 0.4) is 0 Å². The van der Waals surface area contributed by atoms with Gasteiger partial charge >= 0.3 is 0 Å². The van der Waals surface area contributed by atoms with E-state index in [1.54, 1.807) is 7.11 Å². The number of nitrogens with one attached hydrogen (secondary N) is 1. The summed E-state index contributed by atoms with van der Waals surface area (Å²) in [4.78, 5) is 0. The van der Waals surface area contributed by atoms with Crippen molar-refractivity contribution in [2.24, 2.45) is 5.92 Å². The third-order valence-corrected chi connectivity index (χ3v) is 3.96. The average Bonchev–Trinajstić information content (AvgIpc) is 3.19. The van der Waals surface area contributed by atoms with Crippen LogP contribution in [-0.4, -0.2) is 20.2 Å². The highest BCUT2D eigenvalue weighted by atomic mass is 16.5. The molecule has 1 unspecified atom stereocenters. The second kappa shape index (κ2) is 6.24. The highest BCUT2D eigenvalue weighted by Gasteiger charge is 2.29. The summed E-state index contributed by atoms with van der Waals surface area (Å²) in [6.45, 7) is 2.14. The summed E-state index contributed by atoms with van der Waals surface area (Å²) in [6.07, 6.45) is 6.47. The Morgan fingerprint density at radius 1 is 1.39 bits per heavy atom. The van der Waals surface area contributed by atoms with Crippen LogP contribution in [0.15, 0.2) is 18.2 Å². The SMILES string of the molecule is CNC(CCCc1cc(C)ccc1OC)C1CC1. The van der Waals surface area contributed by atoms with Crippen molar-refractivity contribution in [3.63, 3.8) is 0 Å². The van der Waals surface area contributed by atoms with Gasteiger partial charge in [0.2, 0.25) is 0 Å². The summed E-state index contributed by atoms with van der Waals surface area (Å²) in [5.74, 6) is 1.97. The molecule has 1 atom stereocenters. The molecule has 0 saturated heterocycles. The van der Waals surface area contributed by atoms with Gasteiger partial charge in [-0.05, 0) is 63.6 Å². The third kappa shape index (κ3) is 3.49. The van der Waals surface area contributed by atoms with Crippen molar-refractivity contribution in [2.45, 2.75) is 45.1 Å². The lowest BCUT2D eigenvalue weighted by molar-refractivity contribution is 0.406. The van der Waals surface area contributed by atoms with E-state index in [0.29, 0.717) is 0 Å². The quantitative estimate of drug-likeness (QED) is 0.798. The minimum Gasteiger partial charge on any atom is -0.496 e. The van der Waals surface area contributed by atoms with Crippen molar-refractivity contribution in [3.8, 4) is 5.75 Å². The normalized spacial score (nSPS) is 16.6. The molecule has 18 heavy (non-hydrogen) atoms. The van der Waals surface area contributed by atoms with Gasteiger partial charge in [-0.25, -0.2) is 0 Å². The molecule has 1 N–H and O–H groups in total. The zero-order valence-electron chi connectivity index (χ0n) is 11.8. The van der Waals surface area contributed by atoms with E-state index >= 15 is 0 Å². The number of methoxy groups -OCH3 is 1. The maximum atomic E-state index is 5.43. The van der Waals surface area contributed by atoms with E-state index in [4.69, 9.17) is 4.74 Å². The zero-order valence-corrected chi connectivity index (χ0v) is 11.8. The fourth-order valence-electron chi connectivity index (χ4n) is 2.73. The van der Waals surface area contributed by atoms with Crippen molar-refractivity contribution >= 4 is 0 Å². The predicted octanol–water partition coefficient (Wildman–Crippen LogP) is 3.32. The first-order chi connectivity index (χ1) is 8.74. The van der Waals surface area contributed by atoms with E-state index < -0.39 is 0 Å². The summed E-state index contributed by atoms with van der Waals surface area (Å²) in [5.41, 5.74) is 2.67. The molecule has 2 nitrogen and oxygen atoms in total. The smallest absolute Gasteiger partial charge is 0.122 e. The Balaban J connectivity index is 1.86. The lowest BCUT2D eigenvalue weighted by Gasteiger charge is -2.15. The molecule has 1 fully saturated rings. The van der Waals surface area contributed by atoms with Gasteiger partial charge in [-0.15, -0.1) is 0 Å². The van der Waals surface area contributed by atoms with Crippen LogP contribution in [0.4, 0.5) is 0 Å². The number of benzene rings is 1. The second-order valence-electron chi connectivity index (χ2n) is 5.44. The average molecular weight is 247 g/mol. The minimum atomic E-state index is 0.723. The van der Waals surface area contributed by atoms with E-state index in [1.165, 1.54) is 36.8 Å². The van der Waals surface area contributed by atoms with Crippen molar-refractivity contribution < 1.29 is 4.74 Å². The Morgan fingerprint density at radius 3 is 2.78 bits per heavy atom. The highest BCUT2D eigenvalue weighted by Crippen LogP contribution is 2.34. The molecule has 1 aliphatic carbocycles. The topological polar surface area (TPSA) is 21.3 Å². The molecule has 1 saturated carbocycles. The Bertz CT molecular complexity index is 385. The van der Waals surface area contributed by atoms with E-state index in [9.17, 15) is 0 Å². The molecule has 0 amide bonds. The van der Waals surface area contributed by atoms with Crippen molar-refractivity contribution in [1.82, 2.24) is 5.32 Å². The van der Waals surface area contributed by atoms with Gasteiger partial charge in [0, 0.05) is 6.04 Å². The first-order valence-electron chi connectivity index (χ1n) is 7.05. The molecule has 0 spiro atoms. The molecular weight excluding hydrogens is 222 g/mol. The molecule has 0 heterocycles. The number of ether oxygens (including phenoxy) is 1. The number of aryl methyl sites for hydroxylation is 2. The van der Waals surface area contributed by atoms with Crippen LogP contribution in [0.2, 0.25) is 0 Å². The van der Waals surface area contributed by atoms with Gasteiger partial charge < -0.3 is 10.1 Å². The molecule has 0 bridgehead atoms. The lowest BCUT2D eigenvalue weighted by Crippen LogP contribution is -2.27. The molecule has 1 aromatic rings. The minimum absolute atomic E-state index is 0.723. The van der Waals surface area contributed by atoms with Crippen LogP contribution in [0.1, 0.15) is 36.8 Å². The van der Waals surface area contributed by atoms with Gasteiger partial charge in [0.15, 0.2) is 0 Å². The predicted molar refractivity (Wildman–Crippen MR) is 76.2 cm³/mol. The summed E-state index contributed by atoms with van der Waals surface area (Å²) in [6, 6.07) is 7.18. The van der Waals surface area contributed by atoms with Gasteiger partial charge in [0.1, 0.15) is 5.75 Å². The molecule has 2 heteroatoms. The first kappa shape index (κ1) is 13.4. The molecule has 0 aromatic heterocycles. The summed E-state index contributed by atoms with van der Waals surface area (Å²) in [5, 5.41) is 3.46. The number of rotatable bonds is 7. The third-order valence-electron chi connectivity index (χ3n) is 3.96. The second-order valence-corrected chi connectivity index (χ2v) is 5.44. The van der Waals surface area contributed by atoms with Gasteiger partial charge in [-0.3, -0.25) is 0 Å². The molecule has 0 radical (unpaired) electrons. The summed E-state index contributed by atoms with van der Waals surface area (Å²) >= 11 is 0. The van der Waals surface area contributed by atoms with Crippen LogP contribution in [0.25, 0.3) is 0 Å². The van der Waals surface area contributed by atoms with E-state index in [1.807, 2.05) is 0 Å². The van der Waals surface area contributed by atoms with Crippen LogP contribution >= 0.6 is 0 Å². The van der Waals surface area contributed by atoms with Crippen LogP contribution in [-0.2, 0) is 6.42 Å². The molecule has 1 aliphatic rings. The van der Waals surface area contributed by atoms with E-state index in [2.05, 4.69) is 37.5 Å². The van der Waals surface area contributed by atoms with Gasteiger partial charge in [0.25, 0.3) is 0 Å². The van der Waals surface area contributed by atoms with Crippen LogP contribution in [0, 0.1) is 12.8 Å². The van der Waals surface area contributed by atoms with Crippen LogP contribution in [0.5, 0.6) is 5.75 Å². The molecular formula is C16H25NO. The first-order valence-corrected chi connectivity index (χ1v) is 7.05. The number of hydrogen-bond acceptors (Lipinski definition) is 2. The lowest BCUT2D eigenvalue weighted by atomic mass is 10.0. The van der Waals surface area contributed by atoms with Gasteiger partial charge in [-0.2, -0.15) is 0 Å². The molecule has 0 aliphatic heterocycles. The van der Waals surface area contributed by atoms with E-state index in [-0.39, 0.29) is 0 Å². The highest BCUT2D eigenvalue weighted by molar-refractivity contribution is 5.36. The fraction of sp³-hybridized carbons (Fsp3) is 0.625. The number of hydrogen-bond donors (Lipinski definition) is 1. The van der Waals surface area contributed by atoms with Crippen molar-refractivity contribution in [2.75, 3.05) is 14.2 Å². The maximum absolute atomic E-state index is 5.43. The summed E-state index contributed by atoms with van der Waals surface area (Å²) in [7, 11) is 3.85. The fourth-order valence-corrected chi connectivity index (χ4v) is 2.73. The van der Waals surface area contributed by atoms with Gasteiger partial charge in [0.05, 0.1) is 7.11 Å². The standard InChI is InChI=1S/C16H25NO/c1-12-7-10-16(18-3)14(11-12)5-4-6-15(17-2)13-8-9-13/h7,10-11,13,15,17H,4-6,8-9H2,1-3H3. The molecule has 100 valence electrons. The van der Waals surface area contributed by atoms with Crippen molar-refractivity contribution in [1.29, 1.82) is 0 Å². The zero-order chi connectivity index (χ0) is 13.0. The molecule has 1 aromatic carbocycles. The maximum Gasteiger partial charge on any atom is 0.122 e. The van der Waals surface area contributed by atoms with Crippen LogP contribution < -0.4 is 10.1 Å². The van der Waals surface area contributed by atoms with Crippen molar-refractivity contribution in [3.05, 3.63) is 29.3 Å². The monoisotopic (exact) mass is 247 g/mol. The Hall–Kier alpha value is -1.02. The Labute approximate surface area is 111 Å². The molecule has 2 rings (SSSR count). The van der Waals surface area contributed by atoms with E-state index in [0.717, 1.165) is 24.1 Å². The summed E-state index contributed by atoms with van der Waals surface area (Å²) < 4.78 is 5.43. The Kier molecular flexibility index (Phi) is 4.65. The largest absolute Gasteiger partial charge is 0.496 e.